The van der Waals surface area contributed by atoms with Crippen molar-refractivity contribution >= 4 is 34.8 Å². The molecule has 0 aliphatic heterocycles. The first kappa shape index (κ1) is 20.4. The molecule has 0 radical (unpaired) electrons. The van der Waals surface area contributed by atoms with Crippen LogP contribution in [-0.4, -0.2) is 37.8 Å². The summed E-state index contributed by atoms with van der Waals surface area (Å²) in [6.07, 6.45) is 5.06. The molecule has 0 saturated heterocycles. The van der Waals surface area contributed by atoms with Gasteiger partial charge in [-0.2, -0.15) is 9.97 Å². The van der Waals surface area contributed by atoms with Crippen molar-refractivity contribution in [2.75, 3.05) is 11.4 Å². The third-order valence-corrected chi connectivity index (χ3v) is 4.02. The van der Waals surface area contributed by atoms with Gasteiger partial charge in [0.1, 0.15) is 11.1 Å². The lowest BCUT2D eigenvalue weighted by molar-refractivity contribution is 0.0577. The zero-order valence-corrected chi connectivity index (χ0v) is 17.0. The second kappa shape index (κ2) is 8.66. The number of hydrogen-bond donors (Lipinski definition) is 0. The molecule has 2 aromatic heterocycles. The van der Waals surface area contributed by atoms with Crippen molar-refractivity contribution in [3.8, 4) is 0 Å². The van der Waals surface area contributed by atoms with Crippen LogP contribution in [0.25, 0.3) is 11.2 Å². The number of amides is 1. The predicted octanol–water partition coefficient (Wildman–Crippen LogP) is 4.82. The lowest BCUT2D eigenvalue weighted by atomic mass is 10.2. The number of imidazole rings is 1. The Hall–Kier alpha value is -1.89. The molecule has 144 valence electrons. The van der Waals surface area contributed by atoms with Crippen molar-refractivity contribution in [3.63, 3.8) is 0 Å². The number of hydrogen-bond acceptors (Lipinski definition) is 5. The Morgan fingerprint density at radius 3 is 2.54 bits per heavy atom. The van der Waals surface area contributed by atoms with Crippen LogP contribution in [0.2, 0.25) is 5.15 Å². The van der Waals surface area contributed by atoms with Crippen LogP contribution in [0.1, 0.15) is 60.3 Å². The van der Waals surface area contributed by atoms with Crippen molar-refractivity contribution in [2.24, 2.45) is 0 Å². The number of aryl methyl sites for hydroxylation is 1. The molecule has 2 rings (SSSR count). The highest BCUT2D eigenvalue weighted by atomic mass is 35.5. The van der Waals surface area contributed by atoms with E-state index in [1.165, 1.54) is 4.90 Å². The number of nitrogens with zero attached hydrogens (tertiary/aromatic N) is 5. The maximum absolute atomic E-state index is 12.7. The lowest BCUT2D eigenvalue weighted by Gasteiger charge is -2.26. The first-order chi connectivity index (χ1) is 12.3. The Balaban J connectivity index is 2.42. The fourth-order valence-electron chi connectivity index (χ4n) is 2.42. The smallest absolute Gasteiger partial charge is 0.417 e. The maximum Gasteiger partial charge on any atom is 0.417 e. The largest absolute Gasteiger partial charge is 0.443 e. The molecule has 1 amide bonds. The van der Waals surface area contributed by atoms with Gasteiger partial charge in [-0.05, 0) is 33.6 Å². The van der Waals surface area contributed by atoms with Gasteiger partial charge in [0.25, 0.3) is 0 Å². The first-order valence-corrected chi connectivity index (χ1v) is 9.53. The fourth-order valence-corrected chi connectivity index (χ4v) is 2.63. The van der Waals surface area contributed by atoms with Gasteiger partial charge in [-0.1, -0.05) is 38.3 Å². The molecule has 0 bridgehead atoms. The minimum atomic E-state index is -0.599. The fraction of sp³-hybridized carbons (Fsp3) is 0.667. The van der Waals surface area contributed by atoms with E-state index >= 15 is 0 Å². The van der Waals surface area contributed by atoms with Gasteiger partial charge in [0.2, 0.25) is 5.95 Å². The Bertz CT molecular complexity index is 754. The Kier molecular flexibility index (Phi) is 6.81. The van der Waals surface area contributed by atoms with Gasteiger partial charge in [0.05, 0.1) is 6.33 Å². The average molecular weight is 382 g/mol. The summed E-state index contributed by atoms with van der Waals surface area (Å²) in [5.41, 5.74) is 0.586. The molecule has 0 atom stereocenters. The van der Waals surface area contributed by atoms with E-state index in [0.29, 0.717) is 17.7 Å². The molecule has 0 aliphatic rings. The number of carbonyl (C=O) groups is 1. The van der Waals surface area contributed by atoms with Crippen LogP contribution in [-0.2, 0) is 11.3 Å². The highest BCUT2D eigenvalue weighted by molar-refractivity contribution is 6.33. The first-order valence-electron chi connectivity index (χ1n) is 9.15. The Morgan fingerprint density at radius 1 is 1.23 bits per heavy atom. The van der Waals surface area contributed by atoms with Crippen molar-refractivity contribution < 1.29 is 9.53 Å². The molecule has 2 aromatic rings. The summed E-state index contributed by atoms with van der Waals surface area (Å²) in [6.45, 7) is 10.9. The summed E-state index contributed by atoms with van der Waals surface area (Å²) in [6, 6.07) is 0. The van der Waals surface area contributed by atoms with E-state index in [1.807, 2.05) is 25.3 Å². The molecule has 2 heterocycles. The Labute approximate surface area is 159 Å². The standard InChI is InChI=1S/C18H28ClN5O2/c1-6-8-10-23-12-20-13-14(19)21-16(22-15(13)23)24(11-9-7-2)17(25)26-18(3,4)5/h12H,6-11H2,1-5H3. The topological polar surface area (TPSA) is 73.1 Å². The summed E-state index contributed by atoms with van der Waals surface area (Å²) < 4.78 is 7.47. The lowest BCUT2D eigenvalue weighted by Crippen LogP contribution is -2.38. The van der Waals surface area contributed by atoms with E-state index in [0.717, 1.165) is 32.2 Å². The molecule has 0 saturated carbocycles. The van der Waals surface area contributed by atoms with Gasteiger partial charge in [0, 0.05) is 13.1 Å². The maximum atomic E-state index is 12.7. The Morgan fingerprint density at radius 2 is 1.92 bits per heavy atom. The van der Waals surface area contributed by atoms with Gasteiger partial charge in [-0.3, -0.25) is 0 Å². The molecule has 26 heavy (non-hydrogen) atoms. The minimum absolute atomic E-state index is 0.241. The van der Waals surface area contributed by atoms with Gasteiger partial charge < -0.3 is 9.30 Å². The van der Waals surface area contributed by atoms with Crippen molar-refractivity contribution in [3.05, 3.63) is 11.5 Å². The number of carbonyl (C=O) groups excluding carboxylic acids is 1. The number of unbranched alkanes of at least 4 members (excludes halogenated alkanes) is 2. The third-order valence-electron chi connectivity index (χ3n) is 3.75. The van der Waals surface area contributed by atoms with Crippen molar-refractivity contribution in [1.29, 1.82) is 0 Å². The highest BCUT2D eigenvalue weighted by Crippen LogP contribution is 2.24. The summed E-state index contributed by atoms with van der Waals surface area (Å²) in [7, 11) is 0. The van der Waals surface area contributed by atoms with Crippen LogP contribution in [0.3, 0.4) is 0 Å². The monoisotopic (exact) mass is 381 g/mol. The number of rotatable bonds is 7. The quantitative estimate of drug-likeness (QED) is 0.642. The van der Waals surface area contributed by atoms with Crippen LogP contribution >= 0.6 is 11.6 Å². The molecule has 7 nitrogen and oxygen atoms in total. The molecule has 0 fully saturated rings. The van der Waals surface area contributed by atoms with Crippen LogP contribution < -0.4 is 4.90 Å². The highest BCUT2D eigenvalue weighted by Gasteiger charge is 2.26. The third kappa shape index (κ3) is 5.06. The summed E-state index contributed by atoms with van der Waals surface area (Å²) in [4.78, 5) is 27.3. The summed E-state index contributed by atoms with van der Waals surface area (Å²) >= 11 is 6.32. The SMILES string of the molecule is CCCCN(C(=O)OC(C)(C)C)c1nc(Cl)c2ncn(CCCC)c2n1. The molecule has 0 spiro atoms. The molecule has 0 aliphatic carbocycles. The zero-order chi connectivity index (χ0) is 19.3. The van der Waals surface area contributed by atoms with Crippen LogP contribution in [0, 0.1) is 0 Å². The van der Waals surface area contributed by atoms with E-state index in [1.54, 1.807) is 6.33 Å². The second-order valence-corrected chi connectivity index (χ2v) is 7.62. The van der Waals surface area contributed by atoms with E-state index in [2.05, 4.69) is 28.8 Å². The second-order valence-electron chi connectivity index (χ2n) is 7.26. The normalized spacial score (nSPS) is 11.8. The molecule has 8 heteroatoms. The molecule has 0 unspecified atom stereocenters. The predicted molar refractivity (Wildman–Crippen MR) is 104 cm³/mol. The van der Waals surface area contributed by atoms with Crippen molar-refractivity contribution in [2.45, 2.75) is 72.4 Å². The minimum Gasteiger partial charge on any atom is -0.443 e. The molecule has 0 aromatic carbocycles. The number of aromatic nitrogens is 4. The zero-order valence-electron chi connectivity index (χ0n) is 16.3. The van der Waals surface area contributed by atoms with Crippen LogP contribution in [0.4, 0.5) is 10.7 Å². The average Bonchev–Trinajstić information content (AvgIpc) is 2.95. The van der Waals surface area contributed by atoms with E-state index in [9.17, 15) is 4.79 Å². The summed E-state index contributed by atoms with van der Waals surface area (Å²) in [5, 5.41) is 0.241. The van der Waals surface area contributed by atoms with E-state index in [-0.39, 0.29) is 11.1 Å². The number of ether oxygens (including phenoxy) is 1. The molecular weight excluding hydrogens is 354 g/mol. The van der Waals surface area contributed by atoms with Gasteiger partial charge >= 0.3 is 6.09 Å². The molecular formula is C18H28ClN5O2. The van der Waals surface area contributed by atoms with E-state index < -0.39 is 11.7 Å². The summed E-state index contributed by atoms with van der Waals surface area (Å²) in [5.74, 6) is 0.253. The number of anilines is 1. The number of halogens is 1. The molecule has 0 N–H and O–H groups in total. The van der Waals surface area contributed by atoms with Crippen molar-refractivity contribution in [1.82, 2.24) is 19.5 Å². The van der Waals surface area contributed by atoms with Gasteiger partial charge in [-0.25, -0.2) is 14.7 Å². The van der Waals surface area contributed by atoms with Gasteiger partial charge in [-0.15, -0.1) is 0 Å². The van der Waals surface area contributed by atoms with Gasteiger partial charge in [0.15, 0.2) is 10.8 Å². The number of fused-ring (bicyclic) bond motifs is 1. The van der Waals surface area contributed by atoms with Crippen LogP contribution in [0.5, 0.6) is 0 Å². The van der Waals surface area contributed by atoms with E-state index in [4.69, 9.17) is 16.3 Å². The van der Waals surface area contributed by atoms with Crippen LogP contribution in [0.15, 0.2) is 6.33 Å².